The average molecular weight is 347 g/mol. The van der Waals surface area contributed by atoms with Gasteiger partial charge >= 0.3 is 0 Å². The van der Waals surface area contributed by atoms with Crippen LogP contribution in [-0.4, -0.2) is 16.1 Å². The lowest BCUT2D eigenvalue weighted by Crippen LogP contribution is -2.11. The first-order valence-electron chi connectivity index (χ1n) is 5.19. The number of hydrogen-bond donors (Lipinski definition) is 1. The van der Waals surface area contributed by atoms with Crippen molar-refractivity contribution in [2.75, 3.05) is 5.32 Å². The normalized spacial score (nSPS) is 10.4. The molecule has 1 heterocycles. The van der Waals surface area contributed by atoms with E-state index in [2.05, 4.69) is 31.4 Å². The van der Waals surface area contributed by atoms with Crippen molar-refractivity contribution in [3.05, 3.63) is 38.3 Å². The molecule has 0 aliphatic carbocycles. The Hall–Kier alpha value is -0.980. The fourth-order valence-corrected chi connectivity index (χ4v) is 2.36. The van der Waals surface area contributed by atoms with Crippen LogP contribution in [0.1, 0.15) is 22.3 Å². The third-order valence-electron chi connectivity index (χ3n) is 2.17. The van der Waals surface area contributed by atoms with Gasteiger partial charge in [0.15, 0.2) is 0 Å². The molecule has 2 aromatic rings. The number of amides is 1. The van der Waals surface area contributed by atoms with Crippen molar-refractivity contribution in [2.45, 2.75) is 13.3 Å². The van der Waals surface area contributed by atoms with Gasteiger partial charge < -0.3 is 0 Å². The zero-order valence-electron chi connectivity index (χ0n) is 9.41. The number of aryl methyl sites for hydroxylation is 1. The van der Waals surface area contributed by atoms with Gasteiger partial charge in [-0.2, -0.15) is 0 Å². The minimum absolute atomic E-state index is 0.247. The van der Waals surface area contributed by atoms with Crippen LogP contribution in [0.5, 0.6) is 0 Å². The minimum Gasteiger partial charge on any atom is -0.296 e. The molecule has 4 nitrogen and oxygen atoms in total. The number of hydrogen-bond acceptors (Lipinski definition) is 4. The predicted molar refractivity (Wildman–Crippen MR) is 76.4 cm³/mol. The van der Waals surface area contributed by atoms with Crippen LogP contribution < -0.4 is 5.32 Å². The van der Waals surface area contributed by atoms with Gasteiger partial charge in [-0.1, -0.05) is 29.9 Å². The molecule has 0 aliphatic rings. The Morgan fingerprint density at radius 3 is 2.89 bits per heavy atom. The van der Waals surface area contributed by atoms with E-state index in [1.54, 1.807) is 18.2 Å². The number of nitrogens with zero attached hydrogens (tertiary/aromatic N) is 2. The molecule has 1 aromatic heterocycles. The molecule has 0 spiro atoms. The van der Waals surface area contributed by atoms with Gasteiger partial charge in [0, 0.05) is 10.0 Å². The van der Waals surface area contributed by atoms with Gasteiger partial charge in [0.1, 0.15) is 5.01 Å². The number of rotatable bonds is 3. The van der Waals surface area contributed by atoms with Crippen molar-refractivity contribution in [2.24, 2.45) is 0 Å². The van der Waals surface area contributed by atoms with Gasteiger partial charge in [0.05, 0.1) is 5.02 Å². The summed E-state index contributed by atoms with van der Waals surface area (Å²) in [6.45, 7) is 1.99. The van der Waals surface area contributed by atoms with Crippen LogP contribution in [0.4, 0.5) is 5.13 Å². The van der Waals surface area contributed by atoms with Gasteiger partial charge in [-0.3, -0.25) is 10.1 Å². The van der Waals surface area contributed by atoms with E-state index in [-0.39, 0.29) is 5.91 Å². The molecule has 7 heteroatoms. The van der Waals surface area contributed by atoms with E-state index in [1.807, 2.05) is 6.92 Å². The van der Waals surface area contributed by atoms with Gasteiger partial charge in [-0.15, -0.1) is 10.2 Å². The van der Waals surface area contributed by atoms with Crippen LogP contribution in [0.25, 0.3) is 0 Å². The second-order valence-corrected chi connectivity index (χ2v) is 5.76. The molecule has 18 heavy (non-hydrogen) atoms. The predicted octanol–water partition coefficient (Wildman–Crippen LogP) is 3.77. The maximum atomic E-state index is 11.9. The van der Waals surface area contributed by atoms with Crippen LogP contribution in [0.15, 0.2) is 22.7 Å². The summed E-state index contributed by atoms with van der Waals surface area (Å²) in [4.78, 5) is 11.9. The molecular formula is C11H9BrClN3OS. The maximum Gasteiger partial charge on any atom is 0.257 e. The first-order chi connectivity index (χ1) is 8.60. The summed E-state index contributed by atoms with van der Waals surface area (Å²) in [7, 11) is 0. The van der Waals surface area contributed by atoms with E-state index in [0.717, 1.165) is 15.9 Å². The van der Waals surface area contributed by atoms with Gasteiger partial charge in [0.25, 0.3) is 5.91 Å². The molecule has 0 saturated heterocycles. The number of carbonyl (C=O) groups is 1. The van der Waals surface area contributed by atoms with Crippen molar-refractivity contribution in [1.29, 1.82) is 0 Å². The van der Waals surface area contributed by atoms with E-state index >= 15 is 0 Å². The molecule has 0 fully saturated rings. The monoisotopic (exact) mass is 345 g/mol. The zero-order valence-corrected chi connectivity index (χ0v) is 12.6. The Morgan fingerprint density at radius 1 is 1.50 bits per heavy atom. The Bertz CT molecular complexity index is 587. The number of aromatic nitrogens is 2. The van der Waals surface area contributed by atoms with Crippen LogP contribution >= 0.6 is 38.9 Å². The molecule has 0 unspecified atom stereocenters. The summed E-state index contributed by atoms with van der Waals surface area (Å²) >= 11 is 10.6. The van der Waals surface area contributed by atoms with Crippen LogP contribution in [-0.2, 0) is 6.42 Å². The molecule has 94 valence electrons. The van der Waals surface area contributed by atoms with Gasteiger partial charge in [0.2, 0.25) is 5.13 Å². The number of carbonyl (C=O) groups excluding carboxylic acids is 1. The Labute approximate surface area is 122 Å². The number of nitrogens with one attached hydrogen (secondary N) is 1. The third kappa shape index (κ3) is 3.07. The highest BCUT2D eigenvalue weighted by molar-refractivity contribution is 9.10. The average Bonchev–Trinajstić information content (AvgIpc) is 2.80. The van der Waals surface area contributed by atoms with Crippen LogP contribution in [0.2, 0.25) is 5.02 Å². The molecule has 0 saturated carbocycles. The second kappa shape index (κ2) is 5.77. The molecule has 1 amide bonds. The summed E-state index contributed by atoms with van der Waals surface area (Å²) < 4.78 is 0.755. The van der Waals surface area contributed by atoms with Crippen molar-refractivity contribution in [3.8, 4) is 0 Å². The summed E-state index contributed by atoms with van der Waals surface area (Å²) in [5.74, 6) is -0.247. The fraction of sp³-hybridized carbons (Fsp3) is 0.182. The highest BCUT2D eigenvalue weighted by Crippen LogP contribution is 2.24. The molecule has 2 rings (SSSR count). The molecule has 0 aliphatic heterocycles. The van der Waals surface area contributed by atoms with E-state index in [4.69, 9.17) is 11.6 Å². The molecule has 0 atom stereocenters. The molecule has 1 aromatic carbocycles. The summed E-state index contributed by atoms with van der Waals surface area (Å²) in [5.41, 5.74) is 0.483. The van der Waals surface area contributed by atoms with Crippen molar-refractivity contribution < 1.29 is 4.79 Å². The Balaban J connectivity index is 2.14. The molecule has 0 radical (unpaired) electrons. The SMILES string of the molecule is CCc1nnc(NC(=O)c2ccc(Br)c(Cl)c2)s1. The minimum atomic E-state index is -0.247. The second-order valence-electron chi connectivity index (χ2n) is 3.44. The topological polar surface area (TPSA) is 54.9 Å². The van der Waals surface area contributed by atoms with E-state index in [0.29, 0.717) is 15.7 Å². The summed E-state index contributed by atoms with van der Waals surface area (Å²) in [6.07, 6.45) is 0.803. The summed E-state index contributed by atoms with van der Waals surface area (Å²) in [5, 5.41) is 12.4. The van der Waals surface area contributed by atoms with Gasteiger partial charge in [-0.05, 0) is 40.5 Å². The van der Waals surface area contributed by atoms with Crippen LogP contribution in [0, 0.1) is 0 Å². The van der Waals surface area contributed by atoms with Crippen molar-refractivity contribution in [3.63, 3.8) is 0 Å². The standard InChI is InChI=1S/C11H9BrClN3OS/c1-2-9-15-16-11(18-9)14-10(17)6-3-4-7(12)8(13)5-6/h3-5H,2H2,1H3,(H,14,16,17). The van der Waals surface area contributed by atoms with E-state index in [1.165, 1.54) is 11.3 Å². The van der Waals surface area contributed by atoms with Gasteiger partial charge in [-0.25, -0.2) is 0 Å². The lowest BCUT2D eigenvalue weighted by Gasteiger charge is -2.02. The largest absolute Gasteiger partial charge is 0.296 e. The molecule has 1 N–H and O–H groups in total. The molecular weight excluding hydrogens is 338 g/mol. The number of benzene rings is 1. The first kappa shape index (κ1) is 13.5. The zero-order chi connectivity index (χ0) is 13.1. The lowest BCUT2D eigenvalue weighted by atomic mass is 10.2. The van der Waals surface area contributed by atoms with Crippen molar-refractivity contribution in [1.82, 2.24) is 10.2 Å². The summed E-state index contributed by atoms with van der Waals surface area (Å²) in [6, 6.07) is 5.02. The van der Waals surface area contributed by atoms with E-state index < -0.39 is 0 Å². The van der Waals surface area contributed by atoms with E-state index in [9.17, 15) is 4.79 Å². The fourth-order valence-electron chi connectivity index (χ4n) is 1.25. The molecule has 0 bridgehead atoms. The highest BCUT2D eigenvalue weighted by Gasteiger charge is 2.11. The number of anilines is 1. The highest BCUT2D eigenvalue weighted by atomic mass is 79.9. The first-order valence-corrected chi connectivity index (χ1v) is 7.17. The quantitative estimate of drug-likeness (QED) is 0.920. The smallest absolute Gasteiger partial charge is 0.257 e. The third-order valence-corrected chi connectivity index (χ3v) is 4.39. The lowest BCUT2D eigenvalue weighted by molar-refractivity contribution is 0.102. The Morgan fingerprint density at radius 2 is 2.28 bits per heavy atom. The van der Waals surface area contributed by atoms with Crippen molar-refractivity contribution >= 4 is 49.9 Å². The number of halogens is 2. The maximum absolute atomic E-state index is 11.9. The Kier molecular flexibility index (Phi) is 4.31. The van der Waals surface area contributed by atoms with Crippen LogP contribution in [0.3, 0.4) is 0 Å².